The van der Waals surface area contributed by atoms with E-state index in [2.05, 4.69) is 21.2 Å². The van der Waals surface area contributed by atoms with Gasteiger partial charge < -0.3 is 10.4 Å². The van der Waals surface area contributed by atoms with E-state index in [-0.39, 0.29) is 24.6 Å². The summed E-state index contributed by atoms with van der Waals surface area (Å²) in [6.07, 6.45) is 1.50. The zero-order valence-corrected chi connectivity index (χ0v) is 13.5. The summed E-state index contributed by atoms with van der Waals surface area (Å²) in [5, 5.41) is 11.7. The van der Waals surface area contributed by atoms with E-state index in [1.807, 2.05) is 0 Å². The predicted molar refractivity (Wildman–Crippen MR) is 84.3 cm³/mol. The van der Waals surface area contributed by atoms with Crippen LogP contribution in [-0.4, -0.2) is 40.8 Å². The molecule has 1 aliphatic heterocycles. The van der Waals surface area contributed by atoms with Gasteiger partial charge in [0.15, 0.2) is 5.78 Å². The smallest absolute Gasteiger partial charge is 0.277 e. The number of aliphatic hydroxyl groups excluding tert-OH is 1. The second-order valence-electron chi connectivity index (χ2n) is 4.67. The highest BCUT2D eigenvalue weighted by atomic mass is 79.9. The lowest BCUT2D eigenvalue weighted by Gasteiger charge is -2.15. The molecule has 0 unspecified atom stereocenters. The summed E-state index contributed by atoms with van der Waals surface area (Å²) in [4.78, 5) is 36.7. The predicted octanol–water partition coefficient (Wildman–Crippen LogP) is 1.70. The van der Waals surface area contributed by atoms with Crippen LogP contribution in [0.2, 0.25) is 0 Å². The molecule has 0 spiro atoms. The maximum atomic E-state index is 12.1. The van der Waals surface area contributed by atoms with E-state index in [0.29, 0.717) is 17.7 Å². The Labute approximate surface area is 135 Å². The Hall–Kier alpha value is -1.99. The van der Waals surface area contributed by atoms with Gasteiger partial charge in [-0.25, -0.2) is 0 Å². The molecule has 2 rings (SSSR count). The lowest BCUT2D eigenvalue weighted by molar-refractivity contribution is -0.137. The first-order chi connectivity index (χ1) is 10.5. The molecule has 1 aromatic rings. The maximum absolute atomic E-state index is 12.1. The molecule has 0 saturated carbocycles. The van der Waals surface area contributed by atoms with E-state index in [1.54, 1.807) is 25.1 Å². The van der Waals surface area contributed by atoms with Crippen LogP contribution >= 0.6 is 15.9 Å². The van der Waals surface area contributed by atoms with Crippen LogP contribution in [0.15, 0.2) is 34.4 Å². The number of hydrogen-bond donors (Lipinski definition) is 2. The standard InChI is InChI=1S/C15H15BrN2O4/c1-2-13(20)10-4-3-9(16)7-11(10)17-12-8-14(21)18(5-6-19)15(12)22/h3-4,7-8,17,19H,2,5-6H2,1H3. The molecule has 0 atom stereocenters. The first kappa shape index (κ1) is 16.4. The molecule has 1 heterocycles. The fraction of sp³-hybridized carbons (Fsp3) is 0.267. The molecule has 1 aromatic carbocycles. The number of Topliss-reactive ketones (excluding diaryl/α,β-unsaturated/α-hetero) is 1. The van der Waals surface area contributed by atoms with Gasteiger partial charge in [0, 0.05) is 22.5 Å². The number of β-amino-alcohol motifs (C(OH)–C–C–N with tert-alkyl or cyclic N) is 1. The summed E-state index contributed by atoms with van der Waals surface area (Å²) >= 11 is 3.31. The highest BCUT2D eigenvalue weighted by Gasteiger charge is 2.31. The van der Waals surface area contributed by atoms with Crippen LogP contribution in [0.1, 0.15) is 23.7 Å². The number of carbonyl (C=O) groups excluding carboxylic acids is 3. The normalized spacial score (nSPS) is 14.3. The quantitative estimate of drug-likeness (QED) is 0.591. The Bertz CT molecular complexity index is 670. The summed E-state index contributed by atoms with van der Waals surface area (Å²) in [7, 11) is 0. The van der Waals surface area contributed by atoms with Crippen molar-refractivity contribution in [3.8, 4) is 0 Å². The van der Waals surface area contributed by atoms with Gasteiger partial charge in [0.1, 0.15) is 5.70 Å². The van der Waals surface area contributed by atoms with Crippen molar-refractivity contribution in [2.75, 3.05) is 18.5 Å². The Balaban J connectivity index is 2.30. The highest BCUT2D eigenvalue weighted by Crippen LogP contribution is 2.25. The minimum absolute atomic E-state index is 0.0570. The largest absolute Gasteiger partial charge is 0.395 e. The van der Waals surface area contributed by atoms with Gasteiger partial charge in [-0.15, -0.1) is 0 Å². The van der Waals surface area contributed by atoms with Gasteiger partial charge in [0.05, 0.1) is 18.8 Å². The Morgan fingerprint density at radius 1 is 1.36 bits per heavy atom. The van der Waals surface area contributed by atoms with Crippen molar-refractivity contribution in [1.82, 2.24) is 4.90 Å². The number of aliphatic hydroxyl groups is 1. The number of nitrogens with one attached hydrogen (secondary N) is 1. The minimum atomic E-state index is -0.520. The second kappa shape index (κ2) is 6.85. The Morgan fingerprint density at radius 2 is 2.09 bits per heavy atom. The fourth-order valence-electron chi connectivity index (χ4n) is 2.11. The number of halogens is 1. The van der Waals surface area contributed by atoms with Gasteiger partial charge in [-0.2, -0.15) is 0 Å². The Morgan fingerprint density at radius 3 is 2.73 bits per heavy atom. The number of anilines is 1. The third-order valence-corrected chi connectivity index (χ3v) is 3.70. The van der Waals surface area contributed by atoms with Gasteiger partial charge in [0.25, 0.3) is 11.8 Å². The van der Waals surface area contributed by atoms with Gasteiger partial charge in [-0.1, -0.05) is 22.9 Å². The van der Waals surface area contributed by atoms with E-state index in [9.17, 15) is 14.4 Å². The topological polar surface area (TPSA) is 86.7 Å². The number of ketones is 1. The number of benzene rings is 1. The summed E-state index contributed by atoms with van der Waals surface area (Å²) in [6, 6.07) is 5.07. The first-order valence-electron chi connectivity index (χ1n) is 6.76. The zero-order chi connectivity index (χ0) is 16.3. The number of imide groups is 1. The lowest BCUT2D eigenvalue weighted by Crippen LogP contribution is -2.34. The monoisotopic (exact) mass is 366 g/mol. The molecule has 6 nitrogen and oxygen atoms in total. The molecule has 116 valence electrons. The molecule has 0 fully saturated rings. The average molecular weight is 367 g/mol. The molecular formula is C15H15BrN2O4. The molecule has 1 aliphatic rings. The van der Waals surface area contributed by atoms with E-state index >= 15 is 0 Å². The van der Waals surface area contributed by atoms with Crippen molar-refractivity contribution < 1.29 is 19.5 Å². The molecule has 0 aromatic heterocycles. The average Bonchev–Trinajstić information content (AvgIpc) is 2.75. The van der Waals surface area contributed by atoms with E-state index in [1.165, 1.54) is 6.08 Å². The van der Waals surface area contributed by atoms with Crippen molar-refractivity contribution in [1.29, 1.82) is 0 Å². The fourth-order valence-corrected chi connectivity index (χ4v) is 2.47. The van der Waals surface area contributed by atoms with Crippen molar-refractivity contribution in [3.63, 3.8) is 0 Å². The summed E-state index contributed by atoms with van der Waals surface area (Å²) in [5.74, 6) is -1.08. The molecule has 7 heteroatoms. The maximum Gasteiger partial charge on any atom is 0.277 e. The molecule has 0 aliphatic carbocycles. The van der Waals surface area contributed by atoms with Crippen LogP contribution in [-0.2, 0) is 9.59 Å². The van der Waals surface area contributed by atoms with Crippen LogP contribution in [0.3, 0.4) is 0 Å². The summed E-state index contributed by atoms with van der Waals surface area (Å²) in [5.41, 5.74) is 0.994. The van der Waals surface area contributed by atoms with E-state index < -0.39 is 11.8 Å². The van der Waals surface area contributed by atoms with Crippen molar-refractivity contribution in [2.24, 2.45) is 0 Å². The molecule has 2 N–H and O–H groups in total. The highest BCUT2D eigenvalue weighted by molar-refractivity contribution is 9.10. The zero-order valence-electron chi connectivity index (χ0n) is 11.9. The first-order valence-corrected chi connectivity index (χ1v) is 7.55. The van der Waals surface area contributed by atoms with E-state index in [4.69, 9.17) is 5.11 Å². The van der Waals surface area contributed by atoms with E-state index in [0.717, 1.165) is 9.37 Å². The van der Waals surface area contributed by atoms with Gasteiger partial charge in [-0.3, -0.25) is 19.3 Å². The third kappa shape index (κ3) is 3.26. The molecule has 0 saturated heterocycles. The number of rotatable bonds is 6. The summed E-state index contributed by atoms with van der Waals surface area (Å²) < 4.78 is 0.743. The third-order valence-electron chi connectivity index (χ3n) is 3.21. The molecule has 2 amide bonds. The van der Waals surface area contributed by atoms with Crippen LogP contribution in [0.5, 0.6) is 0 Å². The van der Waals surface area contributed by atoms with Crippen LogP contribution in [0.25, 0.3) is 0 Å². The number of hydrogen-bond acceptors (Lipinski definition) is 5. The molecule has 0 bridgehead atoms. The van der Waals surface area contributed by atoms with Crippen LogP contribution in [0.4, 0.5) is 5.69 Å². The lowest BCUT2D eigenvalue weighted by atomic mass is 10.1. The Kier molecular flexibility index (Phi) is 5.10. The van der Waals surface area contributed by atoms with Crippen molar-refractivity contribution >= 4 is 39.2 Å². The second-order valence-corrected chi connectivity index (χ2v) is 5.58. The molecular weight excluding hydrogens is 352 g/mol. The van der Waals surface area contributed by atoms with Gasteiger partial charge >= 0.3 is 0 Å². The SMILES string of the molecule is CCC(=O)c1ccc(Br)cc1NC1=CC(=O)N(CCO)C1=O. The van der Waals surface area contributed by atoms with Crippen LogP contribution < -0.4 is 5.32 Å². The van der Waals surface area contributed by atoms with Crippen molar-refractivity contribution in [2.45, 2.75) is 13.3 Å². The molecule has 22 heavy (non-hydrogen) atoms. The van der Waals surface area contributed by atoms with Gasteiger partial charge in [0.2, 0.25) is 0 Å². The van der Waals surface area contributed by atoms with Crippen LogP contribution in [0, 0.1) is 0 Å². The number of carbonyl (C=O) groups is 3. The number of amides is 2. The molecule has 0 radical (unpaired) electrons. The summed E-state index contributed by atoms with van der Waals surface area (Å²) in [6.45, 7) is 1.40. The van der Waals surface area contributed by atoms with Crippen molar-refractivity contribution in [3.05, 3.63) is 40.0 Å². The van der Waals surface area contributed by atoms with Gasteiger partial charge in [-0.05, 0) is 18.2 Å². The minimum Gasteiger partial charge on any atom is -0.395 e. The number of nitrogens with zero attached hydrogens (tertiary/aromatic N) is 1.